The van der Waals surface area contributed by atoms with Crippen molar-refractivity contribution in [2.24, 2.45) is 0 Å². The number of carboxylic acids is 1. The molecule has 5 nitrogen and oxygen atoms in total. The van der Waals surface area contributed by atoms with Gasteiger partial charge in [-0.15, -0.1) is 0 Å². The molecular weight excluding hydrogens is 382 g/mol. The van der Waals surface area contributed by atoms with Crippen molar-refractivity contribution >= 4 is 5.97 Å². The minimum absolute atomic E-state index is 0.135. The highest BCUT2D eigenvalue weighted by atomic mass is 19.4. The fourth-order valence-electron chi connectivity index (χ4n) is 2.49. The molecular formula is C16H20F6N2O3. The number of nitrogens with zero attached hydrogens (tertiary/aromatic N) is 1. The number of halogens is 6. The molecule has 2 rings (SSSR count). The number of aliphatic carboxylic acids is 1. The summed E-state index contributed by atoms with van der Waals surface area (Å²) in [6, 6.07) is 5.39. The Kier molecular flexibility index (Phi) is 8.51. The van der Waals surface area contributed by atoms with Gasteiger partial charge >= 0.3 is 18.3 Å². The summed E-state index contributed by atoms with van der Waals surface area (Å²) in [5, 5.41) is 10.4. The molecule has 0 aromatic heterocycles. The van der Waals surface area contributed by atoms with E-state index in [1.165, 1.54) is 12.1 Å². The van der Waals surface area contributed by atoms with Crippen molar-refractivity contribution < 1.29 is 41.0 Å². The molecule has 1 unspecified atom stereocenters. The number of carboxylic acid groups (broad SMARTS) is 1. The Morgan fingerprint density at radius 3 is 2.22 bits per heavy atom. The first-order valence-electron chi connectivity index (χ1n) is 7.87. The molecule has 1 aromatic rings. The molecule has 0 spiro atoms. The highest BCUT2D eigenvalue weighted by Crippen LogP contribution is 2.32. The third-order valence-corrected chi connectivity index (χ3v) is 3.76. The fourth-order valence-corrected chi connectivity index (χ4v) is 2.49. The van der Waals surface area contributed by atoms with E-state index in [-0.39, 0.29) is 6.04 Å². The van der Waals surface area contributed by atoms with Crippen LogP contribution < -0.4 is 5.32 Å². The molecule has 27 heavy (non-hydrogen) atoms. The summed E-state index contributed by atoms with van der Waals surface area (Å²) in [6.45, 7) is 3.70. The number of rotatable bonds is 4. The Hall–Kier alpha value is -1.85. The Balaban J connectivity index is 0.000000445. The maximum absolute atomic E-state index is 12.8. The molecule has 0 amide bonds. The molecule has 1 aliphatic rings. The molecule has 0 radical (unpaired) electrons. The van der Waals surface area contributed by atoms with E-state index in [1.807, 2.05) is 0 Å². The Labute approximate surface area is 151 Å². The average Bonchev–Trinajstić information content (AvgIpc) is 2.59. The molecule has 1 aromatic carbocycles. The van der Waals surface area contributed by atoms with Gasteiger partial charge in [-0.25, -0.2) is 4.79 Å². The van der Waals surface area contributed by atoms with Gasteiger partial charge in [0.1, 0.15) is 0 Å². The maximum atomic E-state index is 12.8. The second-order valence-electron chi connectivity index (χ2n) is 5.68. The number of hydrogen-bond donors (Lipinski definition) is 2. The number of alkyl halides is 6. The van der Waals surface area contributed by atoms with Gasteiger partial charge in [0.2, 0.25) is 0 Å². The molecule has 154 valence electrons. The van der Waals surface area contributed by atoms with E-state index in [4.69, 9.17) is 14.6 Å². The lowest BCUT2D eigenvalue weighted by molar-refractivity contribution is -0.192. The van der Waals surface area contributed by atoms with E-state index >= 15 is 0 Å². The summed E-state index contributed by atoms with van der Waals surface area (Å²) in [4.78, 5) is 11.1. The average molecular weight is 402 g/mol. The normalized spacial score (nSPS) is 17.0. The highest BCUT2D eigenvalue weighted by Gasteiger charge is 2.38. The second-order valence-corrected chi connectivity index (χ2v) is 5.68. The summed E-state index contributed by atoms with van der Waals surface area (Å²) < 4.78 is 75.3. The predicted molar refractivity (Wildman–Crippen MR) is 84.2 cm³/mol. The van der Waals surface area contributed by atoms with Crippen molar-refractivity contribution in [1.82, 2.24) is 10.2 Å². The van der Waals surface area contributed by atoms with Gasteiger partial charge in [-0.1, -0.05) is 12.1 Å². The molecule has 1 heterocycles. The van der Waals surface area contributed by atoms with Crippen LogP contribution in [-0.4, -0.2) is 62.0 Å². The zero-order valence-corrected chi connectivity index (χ0v) is 14.4. The highest BCUT2D eigenvalue weighted by molar-refractivity contribution is 5.73. The third-order valence-electron chi connectivity index (χ3n) is 3.76. The largest absolute Gasteiger partial charge is 0.490 e. The van der Waals surface area contributed by atoms with Crippen LogP contribution in [0.2, 0.25) is 0 Å². The molecule has 1 aliphatic heterocycles. The minimum atomic E-state index is -5.08. The SMILES string of the molecule is COCC(c1cccc(C(F)(F)F)c1)N1CCNCC1.O=C(O)C(F)(F)F. The summed E-state index contributed by atoms with van der Waals surface area (Å²) in [6.07, 6.45) is -9.39. The Morgan fingerprint density at radius 1 is 1.22 bits per heavy atom. The number of piperazine rings is 1. The molecule has 0 aliphatic carbocycles. The van der Waals surface area contributed by atoms with Crippen molar-refractivity contribution in [3.05, 3.63) is 35.4 Å². The first kappa shape index (κ1) is 23.2. The van der Waals surface area contributed by atoms with Gasteiger partial charge in [0, 0.05) is 33.3 Å². The summed E-state index contributed by atoms with van der Waals surface area (Å²) >= 11 is 0. The van der Waals surface area contributed by atoms with Gasteiger partial charge in [-0.3, -0.25) is 4.90 Å². The molecule has 0 bridgehead atoms. The van der Waals surface area contributed by atoms with Crippen molar-refractivity contribution in [2.75, 3.05) is 39.9 Å². The molecule has 1 atom stereocenters. The van der Waals surface area contributed by atoms with Gasteiger partial charge in [-0.05, 0) is 17.7 Å². The van der Waals surface area contributed by atoms with Crippen molar-refractivity contribution in [3.63, 3.8) is 0 Å². The minimum Gasteiger partial charge on any atom is -0.475 e. The predicted octanol–water partition coefficient (Wildman–Crippen LogP) is 2.93. The lowest BCUT2D eigenvalue weighted by atomic mass is 10.0. The van der Waals surface area contributed by atoms with E-state index in [0.717, 1.165) is 32.2 Å². The summed E-state index contributed by atoms with van der Waals surface area (Å²) in [7, 11) is 1.57. The Morgan fingerprint density at radius 2 is 1.78 bits per heavy atom. The van der Waals surface area contributed by atoms with Crippen LogP contribution in [0.1, 0.15) is 17.2 Å². The maximum Gasteiger partial charge on any atom is 0.490 e. The zero-order valence-electron chi connectivity index (χ0n) is 14.4. The fraction of sp³-hybridized carbons (Fsp3) is 0.562. The first-order chi connectivity index (χ1) is 12.5. The Bertz CT molecular complexity index is 601. The van der Waals surface area contributed by atoms with E-state index in [2.05, 4.69) is 10.2 Å². The quantitative estimate of drug-likeness (QED) is 0.759. The van der Waals surface area contributed by atoms with Crippen LogP contribution in [0.25, 0.3) is 0 Å². The van der Waals surface area contributed by atoms with Gasteiger partial charge in [-0.2, -0.15) is 26.3 Å². The van der Waals surface area contributed by atoms with Crippen LogP contribution in [0.15, 0.2) is 24.3 Å². The van der Waals surface area contributed by atoms with Gasteiger partial charge in [0.05, 0.1) is 18.2 Å². The number of benzene rings is 1. The molecule has 1 fully saturated rings. The van der Waals surface area contributed by atoms with Crippen LogP contribution >= 0.6 is 0 Å². The summed E-state index contributed by atoms with van der Waals surface area (Å²) in [5.41, 5.74) is 0.0508. The van der Waals surface area contributed by atoms with E-state index in [1.54, 1.807) is 13.2 Å². The van der Waals surface area contributed by atoms with Gasteiger partial charge < -0.3 is 15.2 Å². The zero-order chi connectivity index (χ0) is 20.7. The number of methoxy groups -OCH3 is 1. The number of hydrogen-bond acceptors (Lipinski definition) is 4. The smallest absolute Gasteiger partial charge is 0.475 e. The van der Waals surface area contributed by atoms with Crippen molar-refractivity contribution in [1.29, 1.82) is 0 Å². The summed E-state index contributed by atoms with van der Waals surface area (Å²) in [5.74, 6) is -2.76. The van der Waals surface area contributed by atoms with E-state index < -0.39 is 23.9 Å². The molecule has 2 N–H and O–H groups in total. The first-order valence-corrected chi connectivity index (χ1v) is 7.87. The van der Waals surface area contributed by atoms with E-state index in [9.17, 15) is 26.3 Å². The number of ether oxygens (including phenoxy) is 1. The van der Waals surface area contributed by atoms with E-state index in [0.29, 0.717) is 12.2 Å². The molecule has 0 saturated carbocycles. The van der Waals surface area contributed by atoms with Crippen LogP contribution in [0.3, 0.4) is 0 Å². The van der Waals surface area contributed by atoms with Gasteiger partial charge in [0.15, 0.2) is 0 Å². The number of carbonyl (C=O) groups is 1. The van der Waals surface area contributed by atoms with Crippen LogP contribution in [0.4, 0.5) is 26.3 Å². The van der Waals surface area contributed by atoms with Crippen LogP contribution in [0, 0.1) is 0 Å². The lowest BCUT2D eigenvalue weighted by Gasteiger charge is -2.35. The standard InChI is InChI=1S/C14H19F3N2O.C2HF3O2/c1-20-10-13(19-7-5-18-6-8-19)11-3-2-4-12(9-11)14(15,16)17;3-2(4,5)1(6)7/h2-4,9,13,18H,5-8,10H2,1H3;(H,6,7). The van der Waals surface area contributed by atoms with Crippen molar-refractivity contribution in [3.8, 4) is 0 Å². The van der Waals surface area contributed by atoms with Gasteiger partial charge in [0.25, 0.3) is 0 Å². The van der Waals surface area contributed by atoms with Crippen LogP contribution in [0.5, 0.6) is 0 Å². The molecule has 11 heteroatoms. The molecule has 1 saturated heterocycles. The monoisotopic (exact) mass is 402 g/mol. The topological polar surface area (TPSA) is 61.8 Å². The third kappa shape index (κ3) is 7.73. The van der Waals surface area contributed by atoms with Crippen molar-refractivity contribution in [2.45, 2.75) is 18.4 Å². The lowest BCUT2D eigenvalue weighted by Crippen LogP contribution is -2.46. The second kappa shape index (κ2) is 9.90. The van der Waals surface area contributed by atoms with Crippen LogP contribution in [-0.2, 0) is 15.7 Å². The number of nitrogens with one attached hydrogen (secondary N) is 1.